The molecule has 0 saturated carbocycles. The van der Waals surface area contributed by atoms with E-state index < -0.39 is 20.0 Å². The second-order valence-corrected chi connectivity index (χ2v) is 29.3. The summed E-state index contributed by atoms with van der Waals surface area (Å²) in [4.78, 5) is 40.3. The number of phosphoric acid groups is 1. The number of nitrogens with zero attached hydrogens (tertiary/aromatic N) is 1. The molecule has 0 aromatic rings. The summed E-state index contributed by atoms with van der Waals surface area (Å²) >= 11 is 0. The van der Waals surface area contributed by atoms with Gasteiger partial charge in [0.2, 0.25) is 5.91 Å². The van der Waals surface area contributed by atoms with Gasteiger partial charge in [0.25, 0.3) is 7.82 Å². The van der Waals surface area contributed by atoms with Crippen molar-refractivity contribution in [2.24, 2.45) is 0 Å². The van der Waals surface area contributed by atoms with E-state index in [9.17, 15) is 19.0 Å². The number of hydrogen-bond donors (Lipinski definition) is 1. The van der Waals surface area contributed by atoms with Crippen LogP contribution in [0.2, 0.25) is 0 Å². The summed E-state index contributed by atoms with van der Waals surface area (Å²) in [6, 6.07) is -0.885. The lowest BCUT2D eigenvalue weighted by Gasteiger charge is -2.30. The van der Waals surface area contributed by atoms with E-state index in [0.29, 0.717) is 17.4 Å². The first kappa shape index (κ1) is 85.5. The van der Waals surface area contributed by atoms with Crippen LogP contribution in [0.25, 0.3) is 0 Å². The fourth-order valence-electron chi connectivity index (χ4n) is 11.9. The normalized spacial score (nSPS) is 13.5. The van der Waals surface area contributed by atoms with Gasteiger partial charge < -0.3 is 28.5 Å². The molecule has 0 aliphatic heterocycles. The number of quaternary nitrogens is 1. The molecule has 0 fully saturated rings. The van der Waals surface area contributed by atoms with Crippen LogP contribution in [0.3, 0.4) is 0 Å². The topological polar surface area (TPSA) is 114 Å². The third-order valence-corrected chi connectivity index (χ3v) is 18.8. The molecule has 1 amide bonds. The highest BCUT2D eigenvalue weighted by Crippen LogP contribution is 2.38. The zero-order valence-electron chi connectivity index (χ0n) is 59.3. The number of ether oxygens (including phenoxy) is 1. The summed E-state index contributed by atoms with van der Waals surface area (Å²) in [6.45, 7) is 6.92. The van der Waals surface area contributed by atoms with E-state index in [4.69, 9.17) is 13.8 Å². The summed E-state index contributed by atoms with van der Waals surface area (Å²) in [5.41, 5.74) is 0. The smallest absolute Gasteiger partial charge is 0.306 e. The first-order valence-corrected chi connectivity index (χ1v) is 40.1. The number of allylic oxidation sites excluding steroid dienone is 3. The Morgan fingerprint density at radius 3 is 0.977 bits per heavy atom. The average molecular weight is 1250 g/mol. The molecule has 3 unspecified atom stereocenters. The zero-order chi connectivity index (χ0) is 63.5. The maximum Gasteiger partial charge on any atom is 0.306 e. The van der Waals surface area contributed by atoms with Crippen LogP contribution in [0.4, 0.5) is 0 Å². The Bertz CT molecular complexity index is 1530. The minimum atomic E-state index is -4.70. The first-order chi connectivity index (χ1) is 42.4. The van der Waals surface area contributed by atoms with Gasteiger partial charge in [0, 0.05) is 12.8 Å². The highest BCUT2D eigenvalue weighted by molar-refractivity contribution is 7.45. The number of hydrogen-bond acceptors (Lipinski definition) is 7. The van der Waals surface area contributed by atoms with Crippen molar-refractivity contribution in [2.75, 3.05) is 40.9 Å². The zero-order valence-corrected chi connectivity index (χ0v) is 60.2. The van der Waals surface area contributed by atoms with Crippen LogP contribution in [-0.4, -0.2) is 69.4 Å². The van der Waals surface area contributed by atoms with Crippen LogP contribution < -0.4 is 10.2 Å². The van der Waals surface area contributed by atoms with Gasteiger partial charge in [-0.15, -0.1) is 0 Å². The monoisotopic (exact) mass is 1250 g/mol. The average Bonchev–Trinajstić information content (AvgIpc) is 3.69. The Balaban J connectivity index is 4.95. The largest absolute Gasteiger partial charge is 0.756 e. The van der Waals surface area contributed by atoms with Gasteiger partial charge in [-0.25, -0.2) is 0 Å². The number of carbonyl (C=O) groups excluding carboxylic acids is 2. The number of carbonyl (C=O) groups is 2. The lowest BCUT2D eigenvalue weighted by molar-refractivity contribution is -0.870. The molecule has 0 heterocycles. The molecule has 1 N–H and O–H groups in total. The highest BCUT2D eigenvalue weighted by atomic mass is 31.2. The summed E-state index contributed by atoms with van der Waals surface area (Å²) in [5, 5.41) is 3.06. The number of nitrogens with one attached hydrogen (secondary N) is 1. The highest BCUT2D eigenvalue weighted by Gasteiger charge is 2.27. The maximum absolute atomic E-state index is 13.6. The van der Waals surface area contributed by atoms with Crippen molar-refractivity contribution in [3.63, 3.8) is 0 Å². The first-order valence-electron chi connectivity index (χ1n) is 38.6. The minimum absolute atomic E-state index is 0.0181. The summed E-state index contributed by atoms with van der Waals surface area (Å²) in [7, 11) is 1.21. The van der Waals surface area contributed by atoms with E-state index in [-0.39, 0.29) is 31.5 Å². The van der Waals surface area contributed by atoms with Gasteiger partial charge in [-0.2, -0.15) is 0 Å². The lowest BCUT2D eigenvalue weighted by atomic mass is 10.0. The molecule has 9 nitrogen and oxygen atoms in total. The van der Waals surface area contributed by atoms with Crippen LogP contribution in [0.5, 0.6) is 0 Å². The third-order valence-electron chi connectivity index (χ3n) is 17.9. The van der Waals surface area contributed by atoms with E-state index in [1.807, 2.05) is 33.3 Å². The van der Waals surface area contributed by atoms with Gasteiger partial charge >= 0.3 is 5.97 Å². The Kier molecular flexibility index (Phi) is 66.2. The predicted molar refractivity (Wildman–Crippen MR) is 377 cm³/mol. The molecule has 0 saturated heterocycles. The maximum atomic E-state index is 13.6. The molecule has 516 valence electrons. The second-order valence-electron chi connectivity index (χ2n) is 27.9. The Morgan fingerprint density at radius 2 is 0.667 bits per heavy atom. The Morgan fingerprint density at radius 1 is 0.391 bits per heavy atom. The molecule has 0 aromatic carbocycles. The summed E-state index contributed by atoms with van der Waals surface area (Å²) in [6.07, 6.45) is 83.2. The Hall–Kier alpha value is -1.51. The molecule has 0 radical (unpaired) electrons. The molecule has 0 aromatic heterocycles. The number of amides is 1. The van der Waals surface area contributed by atoms with Crippen LogP contribution in [-0.2, 0) is 27.9 Å². The van der Waals surface area contributed by atoms with Crippen molar-refractivity contribution in [3.8, 4) is 0 Å². The van der Waals surface area contributed by atoms with Crippen molar-refractivity contribution in [1.82, 2.24) is 5.32 Å². The van der Waals surface area contributed by atoms with Gasteiger partial charge in [-0.05, 0) is 57.4 Å². The quantitative estimate of drug-likeness (QED) is 0.0212. The molecule has 87 heavy (non-hydrogen) atoms. The molecule has 0 spiro atoms. The van der Waals surface area contributed by atoms with Crippen LogP contribution in [0.1, 0.15) is 406 Å². The number of likely N-dealkylation sites (N-methyl/N-ethyl adjacent to an activating group) is 1. The number of rotatable bonds is 72. The van der Waals surface area contributed by atoms with Gasteiger partial charge in [-0.1, -0.05) is 360 Å². The molecule has 10 heteroatoms. The SMILES string of the molecule is CCCCCCCC/C=C/CCCCCCCCCCCCCC(=O)NC(COP(=O)([O-])OCC[N+](C)(C)C)C(/C=C\CCCCCCCCCCCCC)OC(=O)CCCCCCCCCCCCCCCCCCCCCCCCCCCCC. The second kappa shape index (κ2) is 67.4. The van der Waals surface area contributed by atoms with Gasteiger partial charge in [0.15, 0.2) is 0 Å². The van der Waals surface area contributed by atoms with Crippen molar-refractivity contribution >= 4 is 19.7 Å². The number of unbranched alkanes of at least 4 members (excludes halogenated alkanes) is 54. The minimum Gasteiger partial charge on any atom is -0.756 e. The summed E-state index contributed by atoms with van der Waals surface area (Å²) < 4.78 is 30.5. The Labute approximate surface area is 543 Å². The fraction of sp³-hybridized carbons (Fsp3) is 0.922. The van der Waals surface area contributed by atoms with E-state index in [1.165, 1.54) is 315 Å². The lowest BCUT2D eigenvalue weighted by Crippen LogP contribution is -2.47. The van der Waals surface area contributed by atoms with Crippen molar-refractivity contribution < 1.29 is 37.3 Å². The van der Waals surface area contributed by atoms with E-state index in [0.717, 1.165) is 57.8 Å². The van der Waals surface area contributed by atoms with Crippen LogP contribution >= 0.6 is 7.82 Å². The molecule has 3 atom stereocenters. The van der Waals surface area contributed by atoms with Crippen LogP contribution in [0, 0.1) is 0 Å². The third kappa shape index (κ3) is 68.7. The van der Waals surface area contributed by atoms with E-state index in [1.54, 1.807) is 0 Å². The molecule has 0 aliphatic carbocycles. The van der Waals surface area contributed by atoms with E-state index >= 15 is 0 Å². The van der Waals surface area contributed by atoms with Gasteiger partial charge in [0.1, 0.15) is 19.3 Å². The van der Waals surface area contributed by atoms with Gasteiger partial charge in [0.05, 0.1) is 33.8 Å². The molecule has 0 rings (SSSR count). The number of esters is 1. The molecular weight excluding hydrogens is 1100 g/mol. The van der Waals surface area contributed by atoms with Gasteiger partial charge in [-0.3, -0.25) is 14.2 Å². The standard InChI is InChI=1S/C77H151N2O7P/c1-7-10-13-16-19-22-25-28-30-32-34-36-37-38-39-40-41-43-45-47-49-52-55-58-61-64-67-70-77(81)86-75(68-65-62-59-56-53-50-27-24-21-18-15-12-9-3)74(73-85-87(82,83)84-72-71-79(4,5)6)78-76(80)69-66-63-60-57-54-51-48-46-44-42-35-33-31-29-26-23-20-17-14-11-8-2/h29,31,65,68,74-75H,7-28,30,32-64,66-67,69-73H2,1-6H3,(H-,78,80,82,83)/b31-29+,68-65-. The molecule has 0 aliphatic rings. The number of phosphoric ester groups is 1. The molecule has 0 bridgehead atoms. The van der Waals surface area contributed by atoms with E-state index in [2.05, 4.69) is 38.2 Å². The predicted octanol–water partition coefficient (Wildman–Crippen LogP) is 24.2. The fourth-order valence-corrected chi connectivity index (χ4v) is 12.7. The van der Waals surface area contributed by atoms with Crippen molar-refractivity contribution in [3.05, 3.63) is 24.3 Å². The van der Waals surface area contributed by atoms with Crippen LogP contribution in [0.15, 0.2) is 24.3 Å². The van der Waals surface area contributed by atoms with Crippen molar-refractivity contribution in [1.29, 1.82) is 0 Å². The summed E-state index contributed by atoms with van der Waals surface area (Å²) in [5.74, 6) is -0.515. The molecular formula is C77H151N2O7P. The van der Waals surface area contributed by atoms with Crippen molar-refractivity contribution in [2.45, 2.75) is 418 Å².